The van der Waals surface area contributed by atoms with E-state index in [1.54, 1.807) is 0 Å². The highest BCUT2D eigenvalue weighted by Crippen LogP contribution is 2.39. The summed E-state index contributed by atoms with van der Waals surface area (Å²) in [6, 6.07) is 0. The molecule has 1 aliphatic carbocycles. The van der Waals surface area contributed by atoms with E-state index >= 15 is 0 Å². The molecule has 1 atom stereocenters. The zero-order valence-electron chi connectivity index (χ0n) is 7.90. The molecule has 0 amide bonds. The van der Waals surface area contributed by atoms with E-state index in [1.165, 1.54) is 32.1 Å². The first-order valence-electron chi connectivity index (χ1n) is 4.84. The third-order valence-electron chi connectivity index (χ3n) is 2.88. The van der Waals surface area contributed by atoms with Gasteiger partial charge in [0, 0.05) is 0 Å². The van der Waals surface area contributed by atoms with Gasteiger partial charge in [-0.1, -0.05) is 26.7 Å². The molecule has 1 aliphatic rings. The smallest absolute Gasteiger partial charge is 0.00746 e. The number of nitrogens with two attached hydrogens (primary N) is 1. The van der Waals surface area contributed by atoms with Crippen molar-refractivity contribution < 1.29 is 0 Å². The van der Waals surface area contributed by atoms with Crippen LogP contribution >= 0.6 is 0 Å². The van der Waals surface area contributed by atoms with Crippen molar-refractivity contribution in [1.82, 2.24) is 0 Å². The summed E-state index contributed by atoms with van der Waals surface area (Å²) >= 11 is 0. The van der Waals surface area contributed by atoms with E-state index in [9.17, 15) is 0 Å². The lowest BCUT2D eigenvalue weighted by Crippen LogP contribution is -2.24. The fourth-order valence-corrected chi connectivity index (χ4v) is 2.34. The summed E-state index contributed by atoms with van der Waals surface area (Å²) in [4.78, 5) is 0. The normalized spacial score (nSPS) is 30.3. The van der Waals surface area contributed by atoms with E-state index in [0.717, 1.165) is 12.5 Å². The summed E-state index contributed by atoms with van der Waals surface area (Å²) < 4.78 is 0. The van der Waals surface area contributed by atoms with Crippen molar-refractivity contribution in [3.05, 3.63) is 0 Å². The van der Waals surface area contributed by atoms with Gasteiger partial charge in [-0.25, -0.2) is 0 Å². The zero-order valence-corrected chi connectivity index (χ0v) is 7.90. The standard InChI is InChI=1S/C10H21N/c1-10(2)6-3-4-9(8-10)5-7-11/h9H,3-8,11H2,1-2H3/t9-/m0/s1. The van der Waals surface area contributed by atoms with Crippen molar-refractivity contribution in [3.63, 3.8) is 0 Å². The predicted octanol–water partition coefficient (Wildman–Crippen LogP) is 2.55. The molecule has 1 saturated carbocycles. The fourth-order valence-electron chi connectivity index (χ4n) is 2.34. The average molecular weight is 155 g/mol. The average Bonchev–Trinajstić information content (AvgIpc) is 1.85. The maximum atomic E-state index is 5.55. The third-order valence-corrected chi connectivity index (χ3v) is 2.88. The summed E-state index contributed by atoms with van der Waals surface area (Å²) in [6.45, 7) is 5.64. The van der Waals surface area contributed by atoms with Crippen molar-refractivity contribution in [2.24, 2.45) is 17.1 Å². The molecule has 0 spiro atoms. The lowest BCUT2D eigenvalue weighted by atomic mass is 9.71. The lowest BCUT2D eigenvalue weighted by molar-refractivity contribution is 0.175. The second kappa shape index (κ2) is 3.57. The Kier molecular flexibility index (Phi) is 2.94. The van der Waals surface area contributed by atoms with Crippen LogP contribution in [0.5, 0.6) is 0 Å². The molecule has 0 radical (unpaired) electrons. The minimum atomic E-state index is 0.595. The number of hydrogen-bond acceptors (Lipinski definition) is 1. The highest BCUT2D eigenvalue weighted by Gasteiger charge is 2.26. The maximum Gasteiger partial charge on any atom is -0.00746 e. The molecule has 66 valence electrons. The Labute approximate surface area is 70.4 Å². The topological polar surface area (TPSA) is 26.0 Å². The molecule has 11 heavy (non-hydrogen) atoms. The Morgan fingerprint density at radius 1 is 1.45 bits per heavy atom. The van der Waals surface area contributed by atoms with Gasteiger partial charge >= 0.3 is 0 Å². The summed E-state index contributed by atoms with van der Waals surface area (Å²) in [6.07, 6.45) is 6.87. The van der Waals surface area contributed by atoms with Crippen LogP contribution < -0.4 is 5.73 Å². The van der Waals surface area contributed by atoms with Gasteiger partial charge in [0.25, 0.3) is 0 Å². The van der Waals surface area contributed by atoms with E-state index in [4.69, 9.17) is 5.73 Å². The van der Waals surface area contributed by atoms with E-state index in [1.807, 2.05) is 0 Å². The molecule has 0 unspecified atom stereocenters. The molecular weight excluding hydrogens is 134 g/mol. The quantitative estimate of drug-likeness (QED) is 0.651. The third kappa shape index (κ3) is 2.82. The van der Waals surface area contributed by atoms with Crippen molar-refractivity contribution in [1.29, 1.82) is 0 Å². The van der Waals surface area contributed by atoms with Crippen LogP contribution in [0.3, 0.4) is 0 Å². The summed E-state index contributed by atoms with van der Waals surface area (Å²) in [7, 11) is 0. The van der Waals surface area contributed by atoms with Crippen LogP contribution in [-0.4, -0.2) is 6.54 Å². The second-order valence-corrected chi connectivity index (χ2v) is 4.70. The van der Waals surface area contributed by atoms with Gasteiger partial charge in [-0.2, -0.15) is 0 Å². The van der Waals surface area contributed by atoms with Crippen LogP contribution in [0.15, 0.2) is 0 Å². The fraction of sp³-hybridized carbons (Fsp3) is 1.00. The van der Waals surface area contributed by atoms with Crippen LogP contribution in [0.25, 0.3) is 0 Å². The molecule has 0 aromatic rings. The van der Waals surface area contributed by atoms with Crippen LogP contribution in [0.4, 0.5) is 0 Å². The van der Waals surface area contributed by atoms with Crippen LogP contribution in [-0.2, 0) is 0 Å². The second-order valence-electron chi connectivity index (χ2n) is 4.70. The van der Waals surface area contributed by atoms with E-state index in [-0.39, 0.29) is 0 Å². The van der Waals surface area contributed by atoms with Gasteiger partial charge in [-0.3, -0.25) is 0 Å². The first kappa shape index (κ1) is 9.05. The number of hydrogen-bond donors (Lipinski definition) is 1. The monoisotopic (exact) mass is 155 g/mol. The van der Waals surface area contributed by atoms with Gasteiger partial charge in [0.1, 0.15) is 0 Å². The Hall–Kier alpha value is -0.0400. The molecule has 0 bridgehead atoms. The van der Waals surface area contributed by atoms with Crippen LogP contribution in [0.2, 0.25) is 0 Å². The first-order valence-corrected chi connectivity index (χ1v) is 4.84. The van der Waals surface area contributed by atoms with E-state index in [2.05, 4.69) is 13.8 Å². The molecule has 1 nitrogen and oxygen atoms in total. The molecule has 1 heteroatoms. The zero-order chi connectivity index (χ0) is 8.32. The maximum absolute atomic E-state index is 5.55. The molecular formula is C10H21N. The van der Waals surface area contributed by atoms with Crippen LogP contribution in [0.1, 0.15) is 46.0 Å². The van der Waals surface area contributed by atoms with Crippen molar-refractivity contribution in [3.8, 4) is 0 Å². The largest absolute Gasteiger partial charge is 0.330 e. The Balaban J connectivity index is 2.34. The predicted molar refractivity (Wildman–Crippen MR) is 49.4 cm³/mol. The van der Waals surface area contributed by atoms with E-state index in [0.29, 0.717) is 5.41 Å². The van der Waals surface area contributed by atoms with Crippen molar-refractivity contribution in [2.45, 2.75) is 46.0 Å². The molecule has 0 aromatic heterocycles. The first-order chi connectivity index (χ1) is 5.14. The Bertz CT molecular complexity index is 116. The minimum absolute atomic E-state index is 0.595. The van der Waals surface area contributed by atoms with Crippen molar-refractivity contribution >= 4 is 0 Å². The SMILES string of the molecule is CC1(C)CCC[C@@H](CCN)C1. The van der Waals surface area contributed by atoms with Crippen molar-refractivity contribution in [2.75, 3.05) is 6.54 Å². The Morgan fingerprint density at radius 2 is 2.18 bits per heavy atom. The van der Waals surface area contributed by atoms with E-state index < -0.39 is 0 Å². The highest BCUT2D eigenvalue weighted by molar-refractivity contribution is 4.79. The molecule has 0 heterocycles. The van der Waals surface area contributed by atoms with Gasteiger partial charge in [0.2, 0.25) is 0 Å². The molecule has 1 fully saturated rings. The highest BCUT2D eigenvalue weighted by atomic mass is 14.5. The summed E-state index contributed by atoms with van der Waals surface area (Å²) in [5.41, 5.74) is 6.14. The summed E-state index contributed by atoms with van der Waals surface area (Å²) in [5.74, 6) is 0.920. The van der Waals surface area contributed by atoms with Gasteiger partial charge in [-0.05, 0) is 37.1 Å². The van der Waals surface area contributed by atoms with Crippen LogP contribution in [0, 0.1) is 11.3 Å². The molecule has 2 N–H and O–H groups in total. The number of rotatable bonds is 2. The molecule has 1 rings (SSSR count). The Morgan fingerprint density at radius 3 is 2.73 bits per heavy atom. The molecule has 0 aromatic carbocycles. The summed E-state index contributed by atoms with van der Waals surface area (Å²) in [5, 5.41) is 0. The lowest BCUT2D eigenvalue weighted by Gasteiger charge is -2.35. The minimum Gasteiger partial charge on any atom is -0.330 e. The molecule has 0 aliphatic heterocycles. The van der Waals surface area contributed by atoms with Gasteiger partial charge in [-0.15, -0.1) is 0 Å². The van der Waals surface area contributed by atoms with Gasteiger partial charge < -0.3 is 5.73 Å². The molecule has 0 saturated heterocycles. The van der Waals surface area contributed by atoms with Gasteiger partial charge in [0.15, 0.2) is 0 Å². The van der Waals surface area contributed by atoms with Gasteiger partial charge in [0.05, 0.1) is 0 Å².